The van der Waals surface area contributed by atoms with Gasteiger partial charge in [-0.2, -0.15) is 0 Å². The lowest BCUT2D eigenvalue weighted by Crippen LogP contribution is -2.61. The van der Waals surface area contributed by atoms with Gasteiger partial charge in [-0.3, -0.25) is 14.5 Å². The highest BCUT2D eigenvalue weighted by molar-refractivity contribution is 6.19. The third-order valence-corrected chi connectivity index (χ3v) is 4.55. The molecule has 3 rings (SSSR count). The first kappa shape index (κ1) is 19.6. The van der Waals surface area contributed by atoms with Crippen LogP contribution in [0.2, 0.25) is 0 Å². The Hall–Kier alpha value is -3.16. The fraction of sp³-hybridized carbons (Fsp3) is 0.350. The molecule has 7 nitrogen and oxygen atoms in total. The van der Waals surface area contributed by atoms with E-state index in [9.17, 15) is 14.0 Å². The number of nitrogens with one attached hydrogen (secondary N) is 1. The zero-order chi connectivity index (χ0) is 20.3. The highest BCUT2D eigenvalue weighted by atomic mass is 19.1. The van der Waals surface area contributed by atoms with Gasteiger partial charge in [0.15, 0.2) is 23.1 Å². The maximum atomic E-state index is 13.9. The number of amides is 2. The average Bonchev–Trinajstić information content (AvgIpc) is 2.68. The van der Waals surface area contributed by atoms with Crippen LogP contribution in [0.15, 0.2) is 36.5 Å². The zero-order valence-electron chi connectivity index (χ0n) is 16.0. The van der Waals surface area contributed by atoms with Gasteiger partial charge < -0.3 is 14.8 Å². The predicted molar refractivity (Wildman–Crippen MR) is 102 cm³/mol. The molecule has 2 aromatic rings. The van der Waals surface area contributed by atoms with Gasteiger partial charge in [0.1, 0.15) is 0 Å². The second-order valence-corrected chi connectivity index (χ2v) is 6.57. The minimum atomic E-state index is -1.81. The molecule has 2 heterocycles. The summed E-state index contributed by atoms with van der Waals surface area (Å²) in [6.45, 7) is 3.83. The highest BCUT2D eigenvalue weighted by Gasteiger charge is 2.51. The molecule has 8 heteroatoms. The van der Waals surface area contributed by atoms with Crippen LogP contribution in [0.5, 0.6) is 11.5 Å². The number of aromatic nitrogens is 1. The molecular weight excluding hydrogens is 365 g/mol. The minimum Gasteiger partial charge on any atom is -0.494 e. The molecule has 1 aromatic heterocycles. The first-order valence-electron chi connectivity index (χ1n) is 9.01. The SMILES string of the molecule is CCCCN1C(=O)[C@@](C)(C(=O)Nc2ccc(OC)c(F)c2)Oc2cccnc21. The Morgan fingerprint density at radius 1 is 1.39 bits per heavy atom. The Kier molecular flexibility index (Phi) is 5.48. The van der Waals surface area contributed by atoms with Crippen molar-refractivity contribution < 1.29 is 23.5 Å². The normalized spacial score (nSPS) is 18.3. The number of pyridine rings is 1. The molecule has 1 N–H and O–H groups in total. The Bertz CT molecular complexity index is 905. The number of hydrogen-bond donors (Lipinski definition) is 1. The molecule has 0 aliphatic carbocycles. The third-order valence-electron chi connectivity index (χ3n) is 4.55. The molecule has 0 spiro atoms. The number of nitrogens with zero attached hydrogens (tertiary/aromatic N) is 2. The number of ether oxygens (including phenoxy) is 2. The first-order valence-corrected chi connectivity index (χ1v) is 9.01. The molecule has 148 valence electrons. The average molecular weight is 387 g/mol. The molecule has 2 amide bonds. The molecule has 0 unspecified atom stereocenters. The molecule has 0 radical (unpaired) electrons. The molecule has 28 heavy (non-hydrogen) atoms. The van der Waals surface area contributed by atoms with Crippen LogP contribution in [0.3, 0.4) is 0 Å². The Morgan fingerprint density at radius 3 is 2.86 bits per heavy atom. The number of carbonyl (C=O) groups excluding carboxylic acids is 2. The van der Waals surface area contributed by atoms with Crippen LogP contribution >= 0.6 is 0 Å². The van der Waals surface area contributed by atoms with Crippen molar-refractivity contribution in [1.29, 1.82) is 0 Å². The maximum Gasteiger partial charge on any atom is 0.282 e. The van der Waals surface area contributed by atoms with Gasteiger partial charge in [0.25, 0.3) is 17.4 Å². The van der Waals surface area contributed by atoms with Crippen molar-refractivity contribution in [3.63, 3.8) is 0 Å². The van der Waals surface area contributed by atoms with Gasteiger partial charge in [0, 0.05) is 24.5 Å². The highest BCUT2D eigenvalue weighted by Crippen LogP contribution is 2.36. The molecule has 1 aliphatic heterocycles. The van der Waals surface area contributed by atoms with E-state index in [1.807, 2.05) is 6.92 Å². The molecular formula is C20H22FN3O4. The maximum absolute atomic E-state index is 13.9. The topological polar surface area (TPSA) is 80.8 Å². The summed E-state index contributed by atoms with van der Waals surface area (Å²) in [5, 5.41) is 2.55. The summed E-state index contributed by atoms with van der Waals surface area (Å²) in [6, 6.07) is 7.33. The van der Waals surface area contributed by atoms with E-state index in [0.717, 1.165) is 18.9 Å². The summed E-state index contributed by atoms with van der Waals surface area (Å²) < 4.78 is 24.6. The Labute approximate surface area is 162 Å². The fourth-order valence-corrected chi connectivity index (χ4v) is 2.94. The lowest BCUT2D eigenvalue weighted by molar-refractivity contribution is -0.145. The number of unbranched alkanes of at least 4 members (excludes halogenated alkanes) is 1. The van der Waals surface area contributed by atoms with E-state index in [1.54, 1.807) is 18.3 Å². The smallest absolute Gasteiger partial charge is 0.282 e. The van der Waals surface area contributed by atoms with Gasteiger partial charge in [-0.05, 0) is 37.6 Å². The van der Waals surface area contributed by atoms with Crippen LogP contribution in [0, 0.1) is 5.82 Å². The predicted octanol–water partition coefficient (Wildman–Crippen LogP) is 3.15. The molecule has 0 saturated heterocycles. The van der Waals surface area contributed by atoms with E-state index in [1.165, 1.54) is 31.1 Å². The van der Waals surface area contributed by atoms with Crippen LogP contribution in [0.4, 0.5) is 15.9 Å². The molecule has 0 bridgehead atoms. The number of carbonyl (C=O) groups is 2. The standard InChI is InChI=1S/C20H22FN3O4/c1-4-5-11-24-17-16(7-6-10-22-17)28-20(2,19(24)26)18(25)23-13-8-9-15(27-3)14(21)12-13/h6-10,12H,4-5,11H2,1-3H3,(H,23,25)/t20-/m1/s1. The molecule has 1 aromatic carbocycles. The van der Waals surface area contributed by atoms with E-state index in [0.29, 0.717) is 18.1 Å². The van der Waals surface area contributed by atoms with Crippen molar-refractivity contribution in [3.8, 4) is 11.5 Å². The van der Waals surface area contributed by atoms with Gasteiger partial charge >= 0.3 is 0 Å². The Morgan fingerprint density at radius 2 is 2.18 bits per heavy atom. The number of rotatable bonds is 6. The van der Waals surface area contributed by atoms with Gasteiger partial charge in [-0.15, -0.1) is 0 Å². The van der Waals surface area contributed by atoms with Crippen LogP contribution in [0.25, 0.3) is 0 Å². The summed E-state index contributed by atoms with van der Waals surface area (Å²) in [5.41, 5.74) is -1.61. The van der Waals surface area contributed by atoms with E-state index in [-0.39, 0.29) is 11.4 Å². The molecule has 0 fully saturated rings. The van der Waals surface area contributed by atoms with Gasteiger partial charge in [-0.1, -0.05) is 13.3 Å². The van der Waals surface area contributed by atoms with Gasteiger partial charge in [0.2, 0.25) is 0 Å². The number of hydrogen-bond acceptors (Lipinski definition) is 5. The summed E-state index contributed by atoms with van der Waals surface area (Å²) in [7, 11) is 1.35. The van der Waals surface area contributed by atoms with Gasteiger partial charge in [0.05, 0.1) is 7.11 Å². The number of methoxy groups -OCH3 is 1. The second-order valence-electron chi connectivity index (χ2n) is 6.57. The van der Waals surface area contributed by atoms with Crippen LogP contribution < -0.4 is 19.7 Å². The summed E-state index contributed by atoms with van der Waals surface area (Å²) in [5.74, 6) is -1.05. The van der Waals surface area contributed by atoms with E-state index in [4.69, 9.17) is 9.47 Å². The molecule has 0 saturated carbocycles. The number of fused-ring (bicyclic) bond motifs is 1. The van der Waals surface area contributed by atoms with Crippen molar-refractivity contribution in [1.82, 2.24) is 4.98 Å². The van der Waals surface area contributed by atoms with Crippen molar-refractivity contribution in [2.24, 2.45) is 0 Å². The van der Waals surface area contributed by atoms with E-state index in [2.05, 4.69) is 10.3 Å². The van der Waals surface area contributed by atoms with E-state index >= 15 is 0 Å². The zero-order valence-corrected chi connectivity index (χ0v) is 16.0. The Balaban J connectivity index is 1.90. The first-order chi connectivity index (χ1) is 13.4. The summed E-state index contributed by atoms with van der Waals surface area (Å²) in [4.78, 5) is 31.8. The number of halogens is 1. The minimum absolute atomic E-state index is 0.0555. The lowest BCUT2D eigenvalue weighted by atomic mass is 10.0. The monoisotopic (exact) mass is 387 g/mol. The summed E-state index contributed by atoms with van der Waals surface area (Å²) in [6.07, 6.45) is 3.20. The van der Waals surface area contributed by atoms with Crippen molar-refractivity contribution >= 4 is 23.3 Å². The summed E-state index contributed by atoms with van der Waals surface area (Å²) >= 11 is 0. The van der Waals surface area contributed by atoms with Crippen LogP contribution in [-0.4, -0.2) is 36.1 Å². The molecule has 1 atom stereocenters. The van der Waals surface area contributed by atoms with Crippen molar-refractivity contribution in [2.75, 3.05) is 23.9 Å². The van der Waals surface area contributed by atoms with Crippen LogP contribution in [-0.2, 0) is 9.59 Å². The molecule has 1 aliphatic rings. The van der Waals surface area contributed by atoms with Crippen molar-refractivity contribution in [3.05, 3.63) is 42.3 Å². The quantitative estimate of drug-likeness (QED) is 0.770. The van der Waals surface area contributed by atoms with E-state index < -0.39 is 23.2 Å². The fourth-order valence-electron chi connectivity index (χ4n) is 2.94. The third kappa shape index (κ3) is 3.49. The number of anilines is 2. The van der Waals surface area contributed by atoms with Gasteiger partial charge in [-0.25, -0.2) is 9.37 Å². The second kappa shape index (κ2) is 7.84. The van der Waals surface area contributed by atoms with Crippen molar-refractivity contribution in [2.45, 2.75) is 32.3 Å². The lowest BCUT2D eigenvalue weighted by Gasteiger charge is -2.38. The van der Waals surface area contributed by atoms with Crippen LogP contribution in [0.1, 0.15) is 26.7 Å². The number of benzene rings is 1. The largest absolute Gasteiger partial charge is 0.494 e.